The molecule has 0 spiro atoms. The van der Waals surface area contributed by atoms with E-state index in [1.807, 2.05) is 12.1 Å². The molecule has 1 N–H and O–H groups in total. The first-order valence-electron chi connectivity index (χ1n) is 6.03. The molecule has 18 heavy (non-hydrogen) atoms. The van der Waals surface area contributed by atoms with Crippen LogP contribution in [0.4, 0.5) is 14.5 Å². The Hall–Kier alpha value is -0.350. The van der Waals surface area contributed by atoms with Crippen molar-refractivity contribution in [3.63, 3.8) is 0 Å². The minimum absolute atomic E-state index is 0.0174. The Morgan fingerprint density at radius 2 is 2.22 bits per heavy atom. The van der Waals surface area contributed by atoms with Crippen LogP contribution in [0.2, 0.25) is 5.02 Å². The standard InChI is InChI=1S/C13H15BrClF2N/c14-10-3-4-11(15)12(6-10)18-8-9-2-1-5-13(16,17)7-9/h3-4,6,9,18H,1-2,5,7-8H2. The van der Waals surface area contributed by atoms with E-state index in [9.17, 15) is 8.78 Å². The second-order valence-corrected chi connectivity index (χ2v) is 6.15. The quantitative estimate of drug-likeness (QED) is 0.784. The Balaban J connectivity index is 1.93. The number of anilines is 1. The van der Waals surface area contributed by atoms with Gasteiger partial charge in [0.15, 0.2) is 0 Å². The average molecular weight is 339 g/mol. The lowest BCUT2D eigenvalue weighted by Crippen LogP contribution is -2.29. The van der Waals surface area contributed by atoms with Gasteiger partial charge in [0.25, 0.3) is 0 Å². The Kier molecular flexibility index (Phi) is 4.49. The van der Waals surface area contributed by atoms with Crippen molar-refractivity contribution in [2.75, 3.05) is 11.9 Å². The first-order valence-corrected chi connectivity index (χ1v) is 7.20. The average Bonchev–Trinajstić information content (AvgIpc) is 2.29. The van der Waals surface area contributed by atoms with Gasteiger partial charge in [-0.1, -0.05) is 27.5 Å². The van der Waals surface area contributed by atoms with Crippen molar-refractivity contribution >= 4 is 33.2 Å². The van der Waals surface area contributed by atoms with Gasteiger partial charge < -0.3 is 5.32 Å². The van der Waals surface area contributed by atoms with Crippen molar-refractivity contribution in [2.24, 2.45) is 5.92 Å². The van der Waals surface area contributed by atoms with Crippen LogP contribution in [0.3, 0.4) is 0 Å². The van der Waals surface area contributed by atoms with Gasteiger partial charge in [-0.3, -0.25) is 0 Å². The maximum Gasteiger partial charge on any atom is 0.248 e. The zero-order chi connectivity index (χ0) is 13.2. The number of benzene rings is 1. The van der Waals surface area contributed by atoms with E-state index in [2.05, 4.69) is 21.2 Å². The molecular weight excluding hydrogens is 324 g/mol. The van der Waals surface area contributed by atoms with E-state index in [0.717, 1.165) is 16.6 Å². The summed E-state index contributed by atoms with van der Waals surface area (Å²) in [6.45, 7) is 0.547. The summed E-state index contributed by atoms with van der Waals surface area (Å²) >= 11 is 9.40. The Bertz CT molecular complexity index is 425. The summed E-state index contributed by atoms with van der Waals surface area (Å²) in [7, 11) is 0. The second-order valence-electron chi connectivity index (χ2n) is 4.82. The van der Waals surface area contributed by atoms with Gasteiger partial charge in [0, 0.05) is 23.9 Å². The summed E-state index contributed by atoms with van der Waals surface area (Å²) in [4.78, 5) is 0. The van der Waals surface area contributed by atoms with Gasteiger partial charge in [0.1, 0.15) is 0 Å². The largest absolute Gasteiger partial charge is 0.384 e. The van der Waals surface area contributed by atoms with Gasteiger partial charge in [0.05, 0.1) is 10.7 Å². The third-order valence-electron chi connectivity index (χ3n) is 3.25. The topological polar surface area (TPSA) is 12.0 Å². The number of hydrogen-bond donors (Lipinski definition) is 1. The number of rotatable bonds is 3. The second kappa shape index (κ2) is 5.74. The van der Waals surface area contributed by atoms with Crippen LogP contribution in [0.15, 0.2) is 22.7 Å². The van der Waals surface area contributed by atoms with Gasteiger partial charge >= 0.3 is 0 Å². The van der Waals surface area contributed by atoms with Crippen LogP contribution in [0.5, 0.6) is 0 Å². The van der Waals surface area contributed by atoms with E-state index >= 15 is 0 Å². The Morgan fingerprint density at radius 1 is 1.44 bits per heavy atom. The molecule has 1 nitrogen and oxygen atoms in total. The van der Waals surface area contributed by atoms with Crippen LogP contribution < -0.4 is 5.32 Å². The molecule has 2 rings (SSSR count). The molecule has 0 saturated heterocycles. The molecule has 1 fully saturated rings. The molecule has 0 aliphatic heterocycles. The van der Waals surface area contributed by atoms with Gasteiger partial charge in [-0.05, 0) is 37.0 Å². The van der Waals surface area contributed by atoms with Crippen LogP contribution in [-0.2, 0) is 0 Å². The third kappa shape index (κ3) is 3.82. The third-order valence-corrected chi connectivity index (χ3v) is 4.07. The van der Waals surface area contributed by atoms with E-state index in [4.69, 9.17) is 11.6 Å². The summed E-state index contributed by atoms with van der Waals surface area (Å²) in [6, 6.07) is 5.50. The van der Waals surface area contributed by atoms with E-state index in [0.29, 0.717) is 18.0 Å². The number of hydrogen-bond acceptors (Lipinski definition) is 1. The summed E-state index contributed by atoms with van der Waals surface area (Å²) in [5.74, 6) is -2.48. The molecular formula is C13H15BrClF2N. The van der Waals surface area contributed by atoms with Crippen LogP contribution in [-0.4, -0.2) is 12.5 Å². The molecule has 1 unspecified atom stereocenters. The fourth-order valence-corrected chi connectivity index (χ4v) is 2.88. The highest BCUT2D eigenvalue weighted by Gasteiger charge is 2.35. The highest BCUT2D eigenvalue weighted by atomic mass is 79.9. The monoisotopic (exact) mass is 337 g/mol. The first-order chi connectivity index (χ1) is 8.46. The molecule has 0 heterocycles. The molecule has 1 saturated carbocycles. The van der Waals surface area contributed by atoms with Gasteiger partial charge in [0.2, 0.25) is 5.92 Å². The SMILES string of the molecule is FC1(F)CCCC(CNc2cc(Br)ccc2Cl)C1. The minimum atomic E-state index is -2.49. The lowest BCUT2D eigenvalue weighted by atomic mass is 9.86. The van der Waals surface area contributed by atoms with Crippen LogP contribution in [0, 0.1) is 5.92 Å². The maximum absolute atomic E-state index is 13.3. The van der Waals surface area contributed by atoms with Gasteiger partial charge in [-0.25, -0.2) is 8.78 Å². The molecule has 1 atom stereocenters. The first kappa shape index (κ1) is 14.1. The Morgan fingerprint density at radius 3 is 2.94 bits per heavy atom. The maximum atomic E-state index is 13.3. The molecule has 100 valence electrons. The molecule has 1 aromatic carbocycles. The van der Waals surface area contributed by atoms with E-state index < -0.39 is 5.92 Å². The van der Waals surface area contributed by atoms with Gasteiger partial charge in [-0.2, -0.15) is 0 Å². The van der Waals surface area contributed by atoms with Crippen molar-refractivity contribution in [1.29, 1.82) is 0 Å². The number of alkyl halides is 2. The van der Waals surface area contributed by atoms with Crippen molar-refractivity contribution < 1.29 is 8.78 Å². The predicted octanol–water partition coefficient (Wildman–Crippen LogP) is 5.34. The molecule has 5 heteroatoms. The summed E-state index contributed by atoms with van der Waals surface area (Å²) in [5, 5.41) is 3.78. The predicted molar refractivity (Wildman–Crippen MR) is 74.5 cm³/mol. The van der Waals surface area contributed by atoms with Crippen molar-refractivity contribution in [3.05, 3.63) is 27.7 Å². The molecule has 0 radical (unpaired) electrons. The van der Waals surface area contributed by atoms with Crippen LogP contribution >= 0.6 is 27.5 Å². The fourth-order valence-electron chi connectivity index (χ4n) is 2.34. The van der Waals surface area contributed by atoms with Crippen LogP contribution in [0.1, 0.15) is 25.7 Å². The van der Waals surface area contributed by atoms with Crippen molar-refractivity contribution in [1.82, 2.24) is 0 Å². The molecule has 0 amide bonds. The van der Waals surface area contributed by atoms with Gasteiger partial charge in [-0.15, -0.1) is 0 Å². The molecule has 1 aliphatic rings. The van der Waals surface area contributed by atoms with Crippen LogP contribution in [0.25, 0.3) is 0 Å². The zero-order valence-corrected chi connectivity index (χ0v) is 12.2. The fraction of sp³-hybridized carbons (Fsp3) is 0.538. The molecule has 1 aliphatic carbocycles. The van der Waals surface area contributed by atoms with Crippen molar-refractivity contribution in [2.45, 2.75) is 31.6 Å². The highest BCUT2D eigenvalue weighted by molar-refractivity contribution is 9.10. The lowest BCUT2D eigenvalue weighted by molar-refractivity contribution is -0.0502. The van der Waals surface area contributed by atoms with E-state index in [1.54, 1.807) is 6.07 Å². The lowest BCUT2D eigenvalue weighted by Gasteiger charge is -2.29. The molecule has 0 aromatic heterocycles. The minimum Gasteiger partial charge on any atom is -0.384 e. The number of halogens is 4. The smallest absolute Gasteiger partial charge is 0.248 e. The summed E-state index contributed by atoms with van der Waals surface area (Å²) in [6.07, 6.45) is 1.46. The zero-order valence-electron chi connectivity index (χ0n) is 9.86. The van der Waals surface area contributed by atoms with Crippen molar-refractivity contribution in [3.8, 4) is 0 Å². The normalized spacial score (nSPS) is 22.8. The summed E-state index contributed by atoms with van der Waals surface area (Å²) < 4.78 is 27.4. The molecule has 0 bridgehead atoms. The van der Waals surface area contributed by atoms with E-state index in [1.165, 1.54) is 0 Å². The number of nitrogens with one attached hydrogen (secondary N) is 1. The summed E-state index contributed by atoms with van der Waals surface area (Å²) in [5.41, 5.74) is 0.792. The molecule has 1 aromatic rings. The highest BCUT2D eigenvalue weighted by Crippen LogP contribution is 2.37. The Labute approximate surface area is 119 Å². The van der Waals surface area contributed by atoms with E-state index in [-0.39, 0.29) is 18.8 Å².